The van der Waals surface area contributed by atoms with Crippen LogP contribution in [0.15, 0.2) is 30.5 Å². The van der Waals surface area contributed by atoms with Gasteiger partial charge in [0.1, 0.15) is 10.8 Å². The van der Waals surface area contributed by atoms with E-state index in [0.29, 0.717) is 5.00 Å². The summed E-state index contributed by atoms with van der Waals surface area (Å²) >= 11 is 1.38. The first-order valence-corrected chi connectivity index (χ1v) is 5.70. The molecule has 1 atom stereocenters. The topological polar surface area (TPSA) is 50.9 Å². The molecule has 0 saturated carbocycles. The Hall–Kier alpha value is -1.62. The van der Waals surface area contributed by atoms with Crippen molar-refractivity contribution < 1.29 is 4.39 Å². The highest BCUT2D eigenvalue weighted by molar-refractivity contribution is 7.19. The van der Waals surface area contributed by atoms with Crippen molar-refractivity contribution in [3.63, 3.8) is 0 Å². The number of nitrogens with zero attached hydrogens (tertiary/aromatic N) is 1. The number of hydrogen-bond donors (Lipinski definition) is 2. The van der Waals surface area contributed by atoms with Crippen LogP contribution in [0.4, 0.5) is 14.5 Å². The number of halogens is 1. The van der Waals surface area contributed by atoms with Crippen molar-refractivity contribution in [1.29, 1.82) is 0 Å². The number of aromatic nitrogens is 1. The summed E-state index contributed by atoms with van der Waals surface area (Å²) in [5, 5.41) is 4.57. The standard InChI is InChI=1S/C11H12FN3S/c1-7(8-3-2-4-9(12)5-8)15-11-14-6-10(13)16-11/h2-7H,13H2,1H3,(H,14,15). The van der Waals surface area contributed by atoms with Gasteiger partial charge >= 0.3 is 0 Å². The number of nitrogen functional groups attached to an aromatic ring is 1. The molecule has 0 saturated heterocycles. The second kappa shape index (κ2) is 4.49. The molecule has 0 amide bonds. The van der Waals surface area contributed by atoms with Crippen LogP contribution < -0.4 is 11.1 Å². The molecule has 0 aliphatic rings. The molecule has 0 fully saturated rings. The van der Waals surface area contributed by atoms with Crippen LogP contribution in [0.1, 0.15) is 18.5 Å². The van der Waals surface area contributed by atoms with Crippen LogP contribution in [0.5, 0.6) is 0 Å². The fourth-order valence-electron chi connectivity index (χ4n) is 1.40. The van der Waals surface area contributed by atoms with Gasteiger partial charge in [0, 0.05) is 0 Å². The summed E-state index contributed by atoms with van der Waals surface area (Å²) in [6.07, 6.45) is 1.60. The lowest BCUT2D eigenvalue weighted by molar-refractivity contribution is 0.623. The fraction of sp³-hybridized carbons (Fsp3) is 0.182. The SMILES string of the molecule is CC(Nc1ncc(N)s1)c1cccc(F)c1. The van der Waals surface area contributed by atoms with Crippen molar-refractivity contribution in [3.8, 4) is 0 Å². The third kappa shape index (κ3) is 2.49. The van der Waals surface area contributed by atoms with Crippen molar-refractivity contribution in [2.45, 2.75) is 13.0 Å². The second-order valence-corrected chi connectivity index (χ2v) is 4.55. The van der Waals surface area contributed by atoms with Gasteiger partial charge in [0.25, 0.3) is 0 Å². The van der Waals surface area contributed by atoms with E-state index in [4.69, 9.17) is 5.73 Å². The molecule has 84 valence electrons. The van der Waals surface area contributed by atoms with Crippen molar-refractivity contribution in [2.24, 2.45) is 0 Å². The van der Waals surface area contributed by atoms with Gasteiger partial charge in [0.15, 0.2) is 5.13 Å². The van der Waals surface area contributed by atoms with E-state index in [0.717, 1.165) is 10.7 Å². The Bertz CT molecular complexity index is 484. The molecule has 0 aliphatic carbocycles. The lowest BCUT2D eigenvalue weighted by Gasteiger charge is -2.12. The number of nitrogens with one attached hydrogen (secondary N) is 1. The maximum atomic E-state index is 13.0. The van der Waals surface area contributed by atoms with E-state index in [1.807, 2.05) is 13.0 Å². The molecule has 16 heavy (non-hydrogen) atoms. The van der Waals surface area contributed by atoms with E-state index in [-0.39, 0.29) is 11.9 Å². The second-order valence-electron chi connectivity index (χ2n) is 3.49. The molecule has 0 radical (unpaired) electrons. The molecule has 5 heteroatoms. The van der Waals surface area contributed by atoms with Crippen LogP contribution in [0.25, 0.3) is 0 Å². The molecular weight excluding hydrogens is 225 g/mol. The minimum absolute atomic E-state index is 0.00116. The average Bonchev–Trinajstić information content (AvgIpc) is 2.64. The van der Waals surface area contributed by atoms with Gasteiger partial charge in [-0.3, -0.25) is 0 Å². The zero-order chi connectivity index (χ0) is 11.5. The molecule has 3 nitrogen and oxygen atoms in total. The number of rotatable bonds is 3. The smallest absolute Gasteiger partial charge is 0.185 e. The number of thiazole rings is 1. The summed E-state index contributed by atoms with van der Waals surface area (Å²) in [7, 11) is 0. The van der Waals surface area contributed by atoms with Crippen molar-refractivity contribution >= 4 is 21.5 Å². The highest BCUT2D eigenvalue weighted by Gasteiger charge is 2.08. The zero-order valence-corrected chi connectivity index (χ0v) is 9.59. The normalized spacial score (nSPS) is 12.4. The van der Waals surface area contributed by atoms with Crippen LogP contribution >= 0.6 is 11.3 Å². The minimum Gasteiger partial charge on any atom is -0.389 e. The zero-order valence-electron chi connectivity index (χ0n) is 8.77. The molecule has 1 unspecified atom stereocenters. The molecule has 2 rings (SSSR count). The molecule has 2 aromatic rings. The summed E-state index contributed by atoms with van der Waals surface area (Å²) in [6.45, 7) is 1.95. The molecule has 0 aliphatic heterocycles. The van der Waals surface area contributed by atoms with Gasteiger partial charge in [-0.15, -0.1) is 0 Å². The van der Waals surface area contributed by atoms with Gasteiger partial charge in [-0.2, -0.15) is 0 Å². The summed E-state index contributed by atoms with van der Waals surface area (Å²) in [5.41, 5.74) is 6.46. The molecule has 1 aromatic carbocycles. The van der Waals surface area contributed by atoms with E-state index in [1.54, 1.807) is 12.3 Å². The lowest BCUT2D eigenvalue weighted by Crippen LogP contribution is -2.06. The van der Waals surface area contributed by atoms with E-state index < -0.39 is 0 Å². The first-order chi connectivity index (χ1) is 7.65. The largest absolute Gasteiger partial charge is 0.389 e. The maximum Gasteiger partial charge on any atom is 0.185 e. The highest BCUT2D eigenvalue weighted by Crippen LogP contribution is 2.24. The molecule has 1 heterocycles. The van der Waals surface area contributed by atoms with E-state index in [1.165, 1.54) is 23.5 Å². The van der Waals surface area contributed by atoms with Gasteiger partial charge in [0.2, 0.25) is 0 Å². The van der Waals surface area contributed by atoms with E-state index in [2.05, 4.69) is 10.3 Å². The monoisotopic (exact) mass is 237 g/mol. The van der Waals surface area contributed by atoms with Gasteiger partial charge < -0.3 is 11.1 Å². The first kappa shape index (κ1) is 10.9. The Labute approximate surface area is 97.1 Å². The van der Waals surface area contributed by atoms with E-state index >= 15 is 0 Å². The van der Waals surface area contributed by atoms with Crippen LogP contribution in [-0.2, 0) is 0 Å². The fourth-order valence-corrected chi connectivity index (χ4v) is 2.07. The van der Waals surface area contributed by atoms with Gasteiger partial charge in [0.05, 0.1) is 12.2 Å². The number of hydrogen-bond acceptors (Lipinski definition) is 4. The summed E-state index contributed by atoms with van der Waals surface area (Å²) in [5.74, 6) is -0.232. The predicted molar refractivity (Wildman–Crippen MR) is 65.0 cm³/mol. The Morgan fingerprint density at radius 1 is 1.50 bits per heavy atom. The van der Waals surface area contributed by atoms with Crippen molar-refractivity contribution in [2.75, 3.05) is 11.1 Å². The molecule has 0 bridgehead atoms. The number of benzene rings is 1. The third-order valence-corrected chi connectivity index (χ3v) is 2.97. The van der Waals surface area contributed by atoms with Crippen molar-refractivity contribution in [3.05, 3.63) is 41.8 Å². The predicted octanol–water partition coefficient (Wildman–Crippen LogP) is 3.04. The van der Waals surface area contributed by atoms with Gasteiger partial charge in [-0.05, 0) is 24.6 Å². The van der Waals surface area contributed by atoms with Gasteiger partial charge in [-0.25, -0.2) is 9.37 Å². The first-order valence-electron chi connectivity index (χ1n) is 4.88. The number of nitrogens with two attached hydrogens (primary N) is 1. The minimum atomic E-state index is -0.232. The molecule has 3 N–H and O–H groups in total. The quantitative estimate of drug-likeness (QED) is 0.862. The summed E-state index contributed by atoms with van der Waals surface area (Å²) in [4.78, 5) is 4.09. The Morgan fingerprint density at radius 3 is 2.94 bits per heavy atom. The van der Waals surface area contributed by atoms with Crippen LogP contribution in [0.2, 0.25) is 0 Å². The Balaban J connectivity index is 2.11. The average molecular weight is 237 g/mol. The third-order valence-electron chi connectivity index (χ3n) is 2.21. The lowest BCUT2D eigenvalue weighted by atomic mass is 10.1. The van der Waals surface area contributed by atoms with Crippen LogP contribution in [-0.4, -0.2) is 4.98 Å². The summed E-state index contributed by atoms with van der Waals surface area (Å²) < 4.78 is 13.0. The Kier molecular flexibility index (Phi) is 3.05. The maximum absolute atomic E-state index is 13.0. The van der Waals surface area contributed by atoms with E-state index in [9.17, 15) is 4.39 Å². The molecule has 1 aromatic heterocycles. The molecule has 0 spiro atoms. The molecular formula is C11H12FN3S. The van der Waals surface area contributed by atoms with Crippen molar-refractivity contribution in [1.82, 2.24) is 4.98 Å². The van der Waals surface area contributed by atoms with Crippen LogP contribution in [0, 0.1) is 5.82 Å². The van der Waals surface area contributed by atoms with Gasteiger partial charge in [-0.1, -0.05) is 23.5 Å². The summed E-state index contributed by atoms with van der Waals surface area (Å²) in [6, 6.07) is 6.50. The number of anilines is 2. The Morgan fingerprint density at radius 2 is 2.31 bits per heavy atom. The van der Waals surface area contributed by atoms with Crippen LogP contribution in [0.3, 0.4) is 0 Å². The highest BCUT2D eigenvalue weighted by atomic mass is 32.1.